The van der Waals surface area contributed by atoms with Gasteiger partial charge >= 0.3 is 11.9 Å². The van der Waals surface area contributed by atoms with E-state index in [4.69, 9.17) is 13.9 Å². The number of ether oxygens (including phenoxy) is 3. The third-order valence-corrected chi connectivity index (χ3v) is 3.30. The van der Waals surface area contributed by atoms with Gasteiger partial charge in [0.15, 0.2) is 0 Å². The maximum atomic E-state index is 12.2. The lowest BCUT2D eigenvalue weighted by Gasteiger charge is -2.07. The van der Waals surface area contributed by atoms with Gasteiger partial charge in [-0.1, -0.05) is 0 Å². The monoisotopic (exact) mass is 349 g/mol. The van der Waals surface area contributed by atoms with Crippen LogP contribution < -0.4 is 4.74 Å². The Balaban J connectivity index is 2.16. The van der Waals surface area contributed by atoms with Crippen LogP contribution in [-0.4, -0.2) is 31.1 Å². The van der Waals surface area contributed by atoms with Crippen LogP contribution in [0, 0.1) is 17.0 Å². The van der Waals surface area contributed by atoms with Crippen molar-refractivity contribution in [3.63, 3.8) is 0 Å². The summed E-state index contributed by atoms with van der Waals surface area (Å²) in [5.74, 6) is -1.08. The molecule has 2 rings (SSSR count). The molecular weight excluding hydrogens is 334 g/mol. The molecule has 25 heavy (non-hydrogen) atoms. The molecule has 0 aliphatic rings. The van der Waals surface area contributed by atoms with E-state index in [2.05, 4.69) is 4.74 Å². The standard InChI is InChI=1S/C16H15NO8/c1-9-6-11(25-14(9)16(19)23-3)8-24-15(18)12-7-10(17(20)21)4-5-13(12)22-2/h4-7H,8H2,1-3H3. The maximum Gasteiger partial charge on any atom is 0.374 e. The van der Waals surface area contributed by atoms with Gasteiger partial charge in [-0.25, -0.2) is 9.59 Å². The van der Waals surface area contributed by atoms with Crippen molar-refractivity contribution in [2.45, 2.75) is 13.5 Å². The van der Waals surface area contributed by atoms with Gasteiger partial charge < -0.3 is 18.6 Å². The van der Waals surface area contributed by atoms with E-state index in [9.17, 15) is 19.7 Å². The molecule has 0 bridgehead atoms. The Morgan fingerprint density at radius 1 is 1.20 bits per heavy atom. The molecule has 0 unspecified atom stereocenters. The number of methoxy groups -OCH3 is 2. The van der Waals surface area contributed by atoms with Gasteiger partial charge in [-0.2, -0.15) is 0 Å². The van der Waals surface area contributed by atoms with Crippen LogP contribution in [-0.2, 0) is 16.1 Å². The van der Waals surface area contributed by atoms with Crippen LogP contribution in [0.1, 0.15) is 32.2 Å². The van der Waals surface area contributed by atoms with E-state index in [-0.39, 0.29) is 35.1 Å². The Hall–Kier alpha value is -3.36. The molecule has 2 aromatic rings. The largest absolute Gasteiger partial charge is 0.496 e. The molecule has 9 heteroatoms. The fourth-order valence-corrected chi connectivity index (χ4v) is 2.10. The van der Waals surface area contributed by atoms with E-state index in [0.29, 0.717) is 5.56 Å². The molecule has 0 aliphatic heterocycles. The lowest BCUT2D eigenvalue weighted by molar-refractivity contribution is -0.384. The third kappa shape index (κ3) is 3.94. The van der Waals surface area contributed by atoms with Crippen LogP contribution in [0.15, 0.2) is 28.7 Å². The first-order valence-electron chi connectivity index (χ1n) is 7.04. The highest BCUT2D eigenvalue weighted by molar-refractivity contribution is 5.93. The molecule has 0 saturated heterocycles. The molecule has 9 nitrogen and oxygen atoms in total. The average molecular weight is 349 g/mol. The molecule has 0 spiro atoms. The fourth-order valence-electron chi connectivity index (χ4n) is 2.10. The van der Waals surface area contributed by atoms with E-state index in [1.165, 1.54) is 32.4 Å². The number of aryl methyl sites for hydroxylation is 1. The van der Waals surface area contributed by atoms with Crippen molar-refractivity contribution in [3.8, 4) is 5.75 Å². The molecular formula is C16H15NO8. The lowest BCUT2D eigenvalue weighted by atomic mass is 10.2. The van der Waals surface area contributed by atoms with Gasteiger partial charge in [-0.05, 0) is 19.1 Å². The summed E-state index contributed by atoms with van der Waals surface area (Å²) in [6.45, 7) is 1.38. The number of nitrogens with zero attached hydrogens (tertiary/aromatic N) is 1. The van der Waals surface area contributed by atoms with Crippen LogP contribution >= 0.6 is 0 Å². The summed E-state index contributed by atoms with van der Waals surface area (Å²) in [4.78, 5) is 33.9. The van der Waals surface area contributed by atoms with Crippen molar-refractivity contribution in [3.05, 3.63) is 57.0 Å². The summed E-state index contributed by atoms with van der Waals surface area (Å²) in [6, 6.07) is 5.12. The molecule has 0 fully saturated rings. The van der Waals surface area contributed by atoms with Crippen LogP contribution in [0.2, 0.25) is 0 Å². The number of nitro groups is 1. The SMILES string of the molecule is COC(=O)c1oc(COC(=O)c2cc([N+](=O)[O-])ccc2OC)cc1C. The Labute approximate surface area is 142 Å². The van der Waals surface area contributed by atoms with Crippen molar-refractivity contribution in [2.24, 2.45) is 0 Å². The molecule has 0 aliphatic carbocycles. The van der Waals surface area contributed by atoms with Crippen molar-refractivity contribution >= 4 is 17.6 Å². The lowest BCUT2D eigenvalue weighted by Crippen LogP contribution is -2.07. The summed E-state index contributed by atoms with van der Waals surface area (Å²) >= 11 is 0. The van der Waals surface area contributed by atoms with E-state index in [1.54, 1.807) is 6.92 Å². The first-order valence-corrected chi connectivity index (χ1v) is 7.04. The highest BCUT2D eigenvalue weighted by atomic mass is 16.6. The van der Waals surface area contributed by atoms with Crippen LogP contribution in [0.4, 0.5) is 5.69 Å². The number of rotatable bonds is 6. The molecule has 0 amide bonds. The summed E-state index contributed by atoms with van der Waals surface area (Å²) in [5, 5.41) is 10.8. The smallest absolute Gasteiger partial charge is 0.374 e. The molecule has 0 N–H and O–H groups in total. The van der Waals surface area contributed by atoms with Crippen molar-refractivity contribution in [1.82, 2.24) is 0 Å². The zero-order valence-corrected chi connectivity index (χ0v) is 13.7. The minimum absolute atomic E-state index is 0.0153. The van der Waals surface area contributed by atoms with Gasteiger partial charge in [-0.3, -0.25) is 10.1 Å². The Kier molecular flexibility index (Phi) is 5.38. The van der Waals surface area contributed by atoms with Gasteiger partial charge in [0.1, 0.15) is 23.7 Å². The molecule has 0 atom stereocenters. The van der Waals surface area contributed by atoms with Crippen LogP contribution in [0.25, 0.3) is 0 Å². The van der Waals surface area contributed by atoms with Crippen molar-refractivity contribution in [2.75, 3.05) is 14.2 Å². The summed E-state index contributed by atoms with van der Waals surface area (Å²) in [6.07, 6.45) is 0. The molecule has 1 aromatic heterocycles. The number of furan rings is 1. The minimum Gasteiger partial charge on any atom is -0.496 e. The molecule has 0 saturated carbocycles. The Morgan fingerprint density at radius 3 is 2.52 bits per heavy atom. The third-order valence-electron chi connectivity index (χ3n) is 3.30. The van der Waals surface area contributed by atoms with Gasteiger partial charge in [0.2, 0.25) is 5.76 Å². The number of hydrogen-bond acceptors (Lipinski definition) is 8. The second-order valence-electron chi connectivity index (χ2n) is 4.93. The fraction of sp³-hybridized carbons (Fsp3) is 0.250. The van der Waals surface area contributed by atoms with Gasteiger partial charge in [0.25, 0.3) is 5.69 Å². The van der Waals surface area contributed by atoms with Crippen LogP contribution in [0.3, 0.4) is 0 Å². The number of carbonyl (C=O) groups is 2. The number of carbonyl (C=O) groups excluding carboxylic acids is 2. The second kappa shape index (κ2) is 7.47. The maximum absolute atomic E-state index is 12.2. The minimum atomic E-state index is -0.825. The average Bonchev–Trinajstić information content (AvgIpc) is 2.99. The van der Waals surface area contributed by atoms with E-state index >= 15 is 0 Å². The number of hydrogen-bond donors (Lipinski definition) is 0. The summed E-state index contributed by atoms with van der Waals surface area (Å²) in [7, 11) is 2.55. The molecule has 1 heterocycles. The number of benzene rings is 1. The van der Waals surface area contributed by atoms with Gasteiger partial charge in [-0.15, -0.1) is 0 Å². The first-order chi connectivity index (χ1) is 11.9. The predicted molar refractivity (Wildman–Crippen MR) is 83.6 cm³/mol. The quantitative estimate of drug-likeness (QED) is 0.443. The topological polar surface area (TPSA) is 118 Å². The van der Waals surface area contributed by atoms with Gasteiger partial charge in [0.05, 0.1) is 19.1 Å². The second-order valence-corrected chi connectivity index (χ2v) is 4.93. The summed E-state index contributed by atoms with van der Waals surface area (Å²) in [5.41, 5.74) is 0.175. The van der Waals surface area contributed by atoms with E-state index in [0.717, 1.165) is 6.07 Å². The van der Waals surface area contributed by atoms with Gasteiger partial charge in [0, 0.05) is 17.7 Å². The molecule has 1 aromatic carbocycles. The molecule has 0 radical (unpaired) electrons. The Morgan fingerprint density at radius 2 is 1.92 bits per heavy atom. The number of non-ortho nitro benzene ring substituents is 1. The van der Waals surface area contributed by atoms with Crippen molar-refractivity contribution < 1.29 is 33.1 Å². The number of esters is 2. The highest BCUT2D eigenvalue weighted by Gasteiger charge is 2.21. The predicted octanol–water partition coefficient (Wildman–Crippen LogP) is 2.65. The normalized spacial score (nSPS) is 10.2. The van der Waals surface area contributed by atoms with Crippen molar-refractivity contribution in [1.29, 1.82) is 0 Å². The van der Waals surface area contributed by atoms with E-state index < -0.39 is 16.9 Å². The zero-order valence-electron chi connectivity index (χ0n) is 13.7. The summed E-state index contributed by atoms with van der Waals surface area (Å²) < 4.78 is 20.0. The Bertz CT molecular complexity index is 824. The van der Waals surface area contributed by atoms with E-state index in [1.807, 2.05) is 0 Å². The zero-order chi connectivity index (χ0) is 18.6. The highest BCUT2D eigenvalue weighted by Crippen LogP contribution is 2.25. The first kappa shape index (κ1) is 18.0. The number of nitro benzene ring substituents is 1. The van der Waals surface area contributed by atoms with Crippen LogP contribution in [0.5, 0.6) is 5.75 Å². The molecule has 132 valence electrons.